The van der Waals surface area contributed by atoms with Crippen LogP contribution in [0, 0.1) is 18.7 Å². The molecule has 3 atom stereocenters. The minimum Gasteiger partial charge on any atom is -0.321 e. The summed E-state index contributed by atoms with van der Waals surface area (Å²) < 4.78 is 14.9. The quantitative estimate of drug-likeness (QED) is 0.434. The van der Waals surface area contributed by atoms with Crippen LogP contribution in [0.2, 0.25) is 0 Å². The molecule has 0 bridgehead atoms. The fourth-order valence-electron chi connectivity index (χ4n) is 4.15. The number of rotatable bonds is 5. The number of nitrogens with one attached hydrogen (secondary N) is 4. The number of hydrazine groups is 1. The largest absolute Gasteiger partial charge is 0.321 e. The zero-order valence-electron chi connectivity index (χ0n) is 18.4. The van der Waals surface area contributed by atoms with Crippen molar-refractivity contribution in [3.05, 3.63) is 83.8 Å². The standard InChI is InChI=1S/C24H24FN7O2/c1-15-13-20(27-21(33)12-7-16-5-3-2-4-6-16)32(30-15)24-28-22-19(23(34)29-24)14-26-31(22)18-10-8-17(25)9-11-18/h2-13,19,22,24,26,28H,14H2,1H3,(H,27,33)(H,29,34)/b12-7+. The minimum absolute atomic E-state index is 0.153. The van der Waals surface area contributed by atoms with Crippen LogP contribution in [0.25, 0.3) is 6.08 Å². The third-order valence-electron chi connectivity index (χ3n) is 5.77. The van der Waals surface area contributed by atoms with E-state index >= 15 is 0 Å². The molecule has 0 aliphatic carbocycles. The molecule has 2 amide bonds. The first-order valence-electron chi connectivity index (χ1n) is 10.9. The van der Waals surface area contributed by atoms with Crippen LogP contribution >= 0.6 is 0 Å². The van der Waals surface area contributed by atoms with Crippen molar-refractivity contribution >= 4 is 29.4 Å². The van der Waals surface area contributed by atoms with Gasteiger partial charge in [-0.2, -0.15) is 5.10 Å². The van der Waals surface area contributed by atoms with Crippen LogP contribution in [0.1, 0.15) is 17.5 Å². The van der Waals surface area contributed by atoms with Crippen LogP contribution in [0.5, 0.6) is 0 Å². The second-order valence-corrected chi connectivity index (χ2v) is 8.19. The summed E-state index contributed by atoms with van der Waals surface area (Å²) in [5.74, 6) is -0.721. The average molecular weight is 462 g/mol. The monoisotopic (exact) mass is 461 g/mol. The molecule has 10 heteroatoms. The minimum atomic E-state index is -0.696. The summed E-state index contributed by atoms with van der Waals surface area (Å²) in [7, 11) is 0. The molecule has 0 saturated carbocycles. The SMILES string of the molecule is Cc1cc(NC(=O)/C=C/c2ccccc2)n(C2NC(=O)C3CNN(c4ccc(F)cc4)C3N2)n1. The van der Waals surface area contributed by atoms with Crippen LogP contribution < -0.4 is 26.4 Å². The van der Waals surface area contributed by atoms with Crippen molar-refractivity contribution in [1.29, 1.82) is 0 Å². The molecule has 0 radical (unpaired) electrons. The number of anilines is 2. The maximum Gasteiger partial charge on any atom is 0.249 e. The molecule has 3 unspecified atom stereocenters. The number of amides is 2. The molecule has 2 aliphatic heterocycles. The molecular weight excluding hydrogens is 437 g/mol. The lowest BCUT2D eigenvalue weighted by atomic mass is 10.0. The third kappa shape index (κ3) is 4.41. The molecule has 2 fully saturated rings. The van der Waals surface area contributed by atoms with Crippen molar-refractivity contribution in [3.8, 4) is 0 Å². The van der Waals surface area contributed by atoms with E-state index in [0.717, 1.165) is 11.3 Å². The number of carbonyl (C=O) groups is 2. The maximum atomic E-state index is 13.4. The molecule has 0 spiro atoms. The van der Waals surface area contributed by atoms with E-state index in [0.29, 0.717) is 18.1 Å². The average Bonchev–Trinajstić information content (AvgIpc) is 3.42. The van der Waals surface area contributed by atoms with Gasteiger partial charge < -0.3 is 10.6 Å². The van der Waals surface area contributed by atoms with Gasteiger partial charge in [0, 0.05) is 18.7 Å². The number of carbonyl (C=O) groups excluding carboxylic acids is 2. The van der Waals surface area contributed by atoms with Gasteiger partial charge in [0.1, 0.15) is 17.8 Å². The van der Waals surface area contributed by atoms with Crippen LogP contribution in [-0.2, 0) is 9.59 Å². The highest BCUT2D eigenvalue weighted by Gasteiger charge is 2.45. The molecule has 3 heterocycles. The fraction of sp³-hybridized carbons (Fsp3) is 0.208. The number of aromatic nitrogens is 2. The molecule has 5 rings (SSSR count). The Morgan fingerprint density at radius 1 is 1.18 bits per heavy atom. The lowest BCUT2D eigenvalue weighted by Gasteiger charge is -2.37. The van der Waals surface area contributed by atoms with E-state index in [9.17, 15) is 14.0 Å². The third-order valence-corrected chi connectivity index (χ3v) is 5.77. The summed E-state index contributed by atoms with van der Waals surface area (Å²) in [5, 5.41) is 15.4. The van der Waals surface area contributed by atoms with Crippen LogP contribution in [0.4, 0.5) is 15.9 Å². The van der Waals surface area contributed by atoms with Crippen molar-refractivity contribution in [2.75, 3.05) is 16.9 Å². The molecule has 174 valence electrons. The summed E-state index contributed by atoms with van der Waals surface area (Å²) in [4.78, 5) is 25.4. The number of halogens is 1. The van der Waals surface area contributed by atoms with Crippen LogP contribution in [-0.4, -0.2) is 34.3 Å². The second kappa shape index (κ2) is 9.08. The second-order valence-electron chi connectivity index (χ2n) is 8.19. The molecule has 4 N–H and O–H groups in total. The number of nitrogens with zero attached hydrogens (tertiary/aromatic N) is 3. The maximum absolute atomic E-state index is 13.4. The summed E-state index contributed by atoms with van der Waals surface area (Å²) in [6.07, 6.45) is 2.08. The Balaban J connectivity index is 1.35. The Morgan fingerprint density at radius 2 is 1.94 bits per heavy atom. The van der Waals surface area contributed by atoms with Gasteiger partial charge in [-0.25, -0.2) is 14.5 Å². The zero-order valence-corrected chi connectivity index (χ0v) is 18.4. The molecule has 9 nitrogen and oxygen atoms in total. The van der Waals surface area contributed by atoms with Gasteiger partial charge in [0.05, 0.1) is 17.3 Å². The number of benzene rings is 2. The van der Waals surface area contributed by atoms with Gasteiger partial charge in [0.25, 0.3) is 0 Å². The first-order valence-corrected chi connectivity index (χ1v) is 10.9. The molecule has 34 heavy (non-hydrogen) atoms. The first-order chi connectivity index (χ1) is 16.5. The van der Waals surface area contributed by atoms with Gasteiger partial charge in [-0.3, -0.25) is 19.9 Å². The number of aryl methyl sites for hydroxylation is 1. The lowest BCUT2D eigenvalue weighted by Crippen LogP contribution is -2.61. The van der Waals surface area contributed by atoms with Crippen molar-refractivity contribution in [1.82, 2.24) is 25.8 Å². The van der Waals surface area contributed by atoms with E-state index in [-0.39, 0.29) is 23.5 Å². The van der Waals surface area contributed by atoms with Gasteiger partial charge in [-0.15, -0.1) is 0 Å². The van der Waals surface area contributed by atoms with E-state index in [2.05, 4.69) is 26.5 Å². The normalized spacial score (nSPS) is 22.0. The summed E-state index contributed by atoms with van der Waals surface area (Å²) >= 11 is 0. The van der Waals surface area contributed by atoms with Gasteiger partial charge in [-0.1, -0.05) is 30.3 Å². The van der Waals surface area contributed by atoms with Crippen LogP contribution in [0.3, 0.4) is 0 Å². The number of hydrogen-bond acceptors (Lipinski definition) is 6. The predicted octanol–water partition coefficient (Wildman–Crippen LogP) is 2.13. The van der Waals surface area contributed by atoms with Gasteiger partial charge in [0.2, 0.25) is 11.8 Å². The number of fused-ring (bicyclic) bond motifs is 1. The van der Waals surface area contributed by atoms with Gasteiger partial charge in [-0.05, 0) is 42.8 Å². The van der Waals surface area contributed by atoms with Crippen molar-refractivity contribution in [2.45, 2.75) is 19.4 Å². The molecule has 2 saturated heterocycles. The predicted molar refractivity (Wildman–Crippen MR) is 126 cm³/mol. The van der Waals surface area contributed by atoms with Crippen molar-refractivity contribution < 1.29 is 14.0 Å². The Labute approximate surface area is 195 Å². The summed E-state index contributed by atoms with van der Waals surface area (Å²) in [6, 6.07) is 17.3. The van der Waals surface area contributed by atoms with Gasteiger partial charge >= 0.3 is 0 Å². The van der Waals surface area contributed by atoms with Crippen molar-refractivity contribution in [3.63, 3.8) is 0 Å². The molecular formula is C24H24FN7O2. The van der Waals surface area contributed by atoms with E-state index in [4.69, 9.17) is 0 Å². The van der Waals surface area contributed by atoms with E-state index < -0.39 is 12.5 Å². The smallest absolute Gasteiger partial charge is 0.249 e. The topological polar surface area (TPSA) is 103 Å². The Hall–Kier alpha value is -4.02. The molecule has 1 aromatic heterocycles. The zero-order chi connectivity index (χ0) is 23.7. The molecule has 2 aromatic carbocycles. The van der Waals surface area contributed by atoms with Gasteiger partial charge in [0.15, 0.2) is 6.29 Å². The molecule has 2 aliphatic rings. The Kier molecular flexibility index (Phi) is 5.83. The highest BCUT2D eigenvalue weighted by molar-refractivity contribution is 6.01. The first kappa shape index (κ1) is 21.8. The molecule has 3 aromatic rings. The van der Waals surface area contributed by atoms with E-state index in [1.54, 1.807) is 35.9 Å². The number of hydrogen-bond donors (Lipinski definition) is 4. The lowest BCUT2D eigenvalue weighted by molar-refractivity contribution is -0.129. The summed E-state index contributed by atoms with van der Waals surface area (Å²) in [6.45, 7) is 2.24. The fourth-order valence-corrected chi connectivity index (χ4v) is 4.15. The van der Waals surface area contributed by atoms with Crippen molar-refractivity contribution in [2.24, 2.45) is 5.92 Å². The highest BCUT2D eigenvalue weighted by Crippen LogP contribution is 2.28. The Morgan fingerprint density at radius 3 is 2.71 bits per heavy atom. The summed E-state index contributed by atoms with van der Waals surface area (Å²) in [5.41, 5.74) is 5.52. The highest BCUT2D eigenvalue weighted by atomic mass is 19.1. The van der Waals surface area contributed by atoms with E-state index in [1.165, 1.54) is 18.2 Å². The Bertz CT molecular complexity index is 1230. The van der Waals surface area contributed by atoms with Crippen LogP contribution in [0.15, 0.2) is 66.7 Å². The van der Waals surface area contributed by atoms with E-state index in [1.807, 2.05) is 35.3 Å².